The number of carboxylic acid groups (broad SMARTS) is 1. The number of carbonyl (C=O) groups is 2. The molecular formula is C20H22NO7-. The predicted octanol–water partition coefficient (Wildman–Crippen LogP) is 2.41. The minimum Gasteiger partial charge on any atom is -0.547 e. The molecule has 1 aromatic heterocycles. The van der Waals surface area contributed by atoms with Gasteiger partial charge in [-0.2, -0.15) is 0 Å². The van der Waals surface area contributed by atoms with Gasteiger partial charge in [0.25, 0.3) is 0 Å². The molecule has 0 bridgehead atoms. The molecule has 150 valence electrons. The number of hydrogen-bond donors (Lipinski definition) is 0. The van der Waals surface area contributed by atoms with Crippen molar-refractivity contribution >= 4 is 12.1 Å². The maximum atomic E-state index is 13.0. The quantitative estimate of drug-likeness (QED) is 0.793. The van der Waals surface area contributed by atoms with E-state index in [-0.39, 0.29) is 0 Å². The van der Waals surface area contributed by atoms with Crippen LogP contribution in [0.2, 0.25) is 0 Å². The minimum absolute atomic E-state index is 0.469. The molecule has 1 fully saturated rings. The number of methoxy groups -OCH3 is 1. The van der Waals surface area contributed by atoms with Crippen molar-refractivity contribution in [2.75, 3.05) is 7.11 Å². The fourth-order valence-electron chi connectivity index (χ4n) is 3.07. The van der Waals surface area contributed by atoms with E-state index in [1.54, 1.807) is 51.1 Å². The van der Waals surface area contributed by atoms with Gasteiger partial charge in [0.05, 0.1) is 31.6 Å². The zero-order valence-corrected chi connectivity index (χ0v) is 16.1. The van der Waals surface area contributed by atoms with Crippen molar-refractivity contribution in [2.24, 2.45) is 0 Å². The van der Waals surface area contributed by atoms with Crippen LogP contribution in [0, 0.1) is 0 Å². The molecule has 2 aromatic rings. The van der Waals surface area contributed by atoms with Crippen LogP contribution < -0.4 is 9.84 Å². The van der Waals surface area contributed by atoms with Gasteiger partial charge in [0.1, 0.15) is 17.5 Å². The first kappa shape index (κ1) is 19.8. The van der Waals surface area contributed by atoms with Crippen molar-refractivity contribution in [3.63, 3.8) is 0 Å². The lowest BCUT2D eigenvalue weighted by Gasteiger charge is -2.31. The van der Waals surface area contributed by atoms with Gasteiger partial charge in [-0.05, 0) is 39.0 Å². The molecule has 8 heteroatoms. The summed E-state index contributed by atoms with van der Waals surface area (Å²) in [4.78, 5) is 26.0. The third-order valence-electron chi connectivity index (χ3n) is 4.24. The molecule has 1 aliphatic heterocycles. The lowest BCUT2D eigenvalue weighted by Crippen LogP contribution is -2.43. The average molecular weight is 388 g/mol. The Hall–Kier alpha value is -3.00. The maximum Gasteiger partial charge on any atom is 0.413 e. The van der Waals surface area contributed by atoms with Crippen molar-refractivity contribution < 1.29 is 33.3 Å². The second-order valence-corrected chi connectivity index (χ2v) is 7.39. The number of rotatable bonds is 4. The molecule has 1 saturated heterocycles. The first-order chi connectivity index (χ1) is 13.2. The molecule has 2 heterocycles. The summed E-state index contributed by atoms with van der Waals surface area (Å²) in [5.41, 5.74) is 0.266. The van der Waals surface area contributed by atoms with Gasteiger partial charge in [0, 0.05) is 11.1 Å². The molecule has 3 rings (SSSR count). The van der Waals surface area contributed by atoms with Gasteiger partial charge < -0.3 is 28.5 Å². The lowest BCUT2D eigenvalue weighted by atomic mass is 10.0. The number of aliphatic carboxylic acids is 1. The maximum absolute atomic E-state index is 13.0. The second kappa shape index (κ2) is 7.55. The summed E-state index contributed by atoms with van der Waals surface area (Å²) in [7, 11) is 1.54. The first-order valence-electron chi connectivity index (χ1n) is 8.75. The van der Waals surface area contributed by atoms with Crippen LogP contribution in [0.1, 0.15) is 44.2 Å². The van der Waals surface area contributed by atoms with E-state index in [4.69, 9.17) is 18.6 Å². The fraction of sp³-hybridized carbons (Fsp3) is 0.400. The summed E-state index contributed by atoms with van der Waals surface area (Å²) in [6.45, 7) is 5.19. The molecule has 1 unspecified atom stereocenters. The van der Waals surface area contributed by atoms with E-state index in [1.165, 1.54) is 24.5 Å². The SMILES string of the molecule is COc1ccc(C2O[C@@H](C(=O)[O-])[C@H](c3ccoc3)N2C(=O)OC(C)(C)C)cc1. The number of furan rings is 1. The second-order valence-electron chi connectivity index (χ2n) is 7.39. The van der Waals surface area contributed by atoms with Crippen LogP contribution in [0.5, 0.6) is 5.75 Å². The number of carboxylic acids is 1. The standard InChI is InChI=1S/C20H23NO7/c1-20(2,3)28-19(24)21-15(13-9-10-26-11-13)16(18(22)23)27-17(21)12-5-7-14(25-4)8-6-12/h5-11,15-17H,1-4H3,(H,22,23)/p-1/t15-,16+,17?/m0/s1. The number of amides is 1. The summed E-state index contributed by atoms with van der Waals surface area (Å²) in [6, 6.07) is 7.41. The lowest BCUT2D eigenvalue weighted by molar-refractivity contribution is -0.316. The van der Waals surface area contributed by atoms with E-state index in [0.29, 0.717) is 16.9 Å². The van der Waals surface area contributed by atoms with Crippen LogP contribution in [0.4, 0.5) is 4.79 Å². The van der Waals surface area contributed by atoms with Crippen molar-refractivity contribution in [1.29, 1.82) is 0 Å². The fourth-order valence-corrected chi connectivity index (χ4v) is 3.07. The normalized spacial score (nSPS) is 22.1. The van der Waals surface area contributed by atoms with Gasteiger partial charge >= 0.3 is 6.09 Å². The number of hydrogen-bond acceptors (Lipinski definition) is 7. The average Bonchev–Trinajstić information content (AvgIpc) is 3.27. The Balaban J connectivity index is 2.05. The molecule has 0 saturated carbocycles. The molecule has 28 heavy (non-hydrogen) atoms. The van der Waals surface area contributed by atoms with E-state index >= 15 is 0 Å². The highest BCUT2D eigenvalue weighted by molar-refractivity contribution is 5.76. The van der Waals surface area contributed by atoms with Gasteiger partial charge in [0.2, 0.25) is 0 Å². The van der Waals surface area contributed by atoms with Crippen LogP contribution >= 0.6 is 0 Å². The van der Waals surface area contributed by atoms with Gasteiger partial charge in [-0.15, -0.1) is 0 Å². The third-order valence-corrected chi connectivity index (χ3v) is 4.24. The smallest absolute Gasteiger partial charge is 0.413 e. The number of nitrogens with zero attached hydrogens (tertiary/aromatic N) is 1. The number of benzene rings is 1. The predicted molar refractivity (Wildman–Crippen MR) is 95.1 cm³/mol. The van der Waals surface area contributed by atoms with E-state index < -0.39 is 36.0 Å². The van der Waals surface area contributed by atoms with Crippen LogP contribution in [-0.4, -0.2) is 35.8 Å². The first-order valence-corrected chi connectivity index (χ1v) is 8.75. The monoisotopic (exact) mass is 388 g/mol. The van der Waals surface area contributed by atoms with Gasteiger partial charge in [-0.25, -0.2) is 4.79 Å². The molecule has 0 aliphatic carbocycles. The Bertz CT molecular complexity index is 823. The zero-order chi connectivity index (χ0) is 20.5. The van der Waals surface area contributed by atoms with Crippen molar-refractivity contribution in [2.45, 2.75) is 44.7 Å². The Morgan fingerprint density at radius 1 is 1.11 bits per heavy atom. The molecule has 1 aromatic carbocycles. The van der Waals surface area contributed by atoms with E-state index in [1.807, 2.05) is 0 Å². The summed E-state index contributed by atoms with van der Waals surface area (Å²) >= 11 is 0. The highest BCUT2D eigenvalue weighted by Crippen LogP contribution is 2.44. The number of ether oxygens (including phenoxy) is 3. The zero-order valence-electron chi connectivity index (χ0n) is 16.1. The Kier molecular flexibility index (Phi) is 5.33. The van der Waals surface area contributed by atoms with Crippen LogP contribution in [-0.2, 0) is 14.3 Å². The van der Waals surface area contributed by atoms with Crippen LogP contribution in [0.25, 0.3) is 0 Å². The van der Waals surface area contributed by atoms with Crippen molar-refractivity contribution in [3.8, 4) is 5.75 Å². The van der Waals surface area contributed by atoms with Crippen LogP contribution in [0.15, 0.2) is 47.3 Å². The Morgan fingerprint density at radius 2 is 1.79 bits per heavy atom. The highest BCUT2D eigenvalue weighted by Gasteiger charge is 2.49. The molecule has 1 aliphatic rings. The van der Waals surface area contributed by atoms with Gasteiger partial charge in [0.15, 0.2) is 6.23 Å². The molecule has 3 atom stereocenters. The molecule has 0 N–H and O–H groups in total. The summed E-state index contributed by atoms with van der Waals surface area (Å²) in [5.74, 6) is -0.816. The molecular weight excluding hydrogens is 366 g/mol. The minimum atomic E-state index is -1.43. The van der Waals surface area contributed by atoms with Gasteiger partial charge in [-0.1, -0.05) is 12.1 Å². The topological polar surface area (TPSA) is 101 Å². The molecule has 1 amide bonds. The molecule has 0 spiro atoms. The van der Waals surface area contributed by atoms with Gasteiger partial charge in [-0.3, -0.25) is 4.90 Å². The van der Waals surface area contributed by atoms with Crippen LogP contribution in [0.3, 0.4) is 0 Å². The largest absolute Gasteiger partial charge is 0.547 e. The van der Waals surface area contributed by atoms with E-state index in [0.717, 1.165) is 0 Å². The number of carbonyl (C=O) groups excluding carboxylic acids is 2. The van der Waals surface area contributed by atoms with Crippen molar-refractivity contribution in [1.82, 2.24) is 4.90 Å². The van der Waals surface area contributed by atoms with Crippen molar-refractivity contribution in [3.05, 3.63) is 54.0 Å². The van der Waals surface area contributed by atoms with E-state index in [9.17, 15) is 14.7 Å². The molecule has 8 nitrogen and oxygen atoms in total. The molecule has 0 radical (unpaired) electrons. The Labute approximate surface area is 162 Å². The third kappa shape index (κ3) is 3.96. The Morgan fingerprint density at radius 3 is 2.29 bits per heavy atom. The summed E-state index contributed by atoms with van der Waals surface area (Å²) in [6.07, 6.45) is -0.308. The summed E-state index contributed by atoms with van der Waals surface area (Å²) in [5, 5.41) is 11.8. The summed E-state index contributed by atoms with van der Waals surface area (Å²) < 4.78 is 21.5. The van der Waals surface area contributed by atoms with E-state index in [2.05, 4.69) is 0 Å². The highest BCUT2D eigenvalue weighted by atomic mass is 16.6.